The third kappa shape index (κ3) is 2.53. The Bertz CT molecular complexity index is 601. The number of benzene rings is 1. The minimum absolute atomic E-state index is 0.0982. The van der Waals surface area contributed by atoms with Crippen molar-refractivity contribution in [3.8, 4) is 11.4 Å². The lowest BCUT2D eigenvalue weighted by Crippen LogP contribution is -2.44. The molecule has 1 saturated heterocycles. The van der Waals surface area contributed by atoms with Crippen LogP contribution in [0.1, 0.15) is 0 Å². The Hall–Kier alpha value is -1.54. The summed E-state index contributed by atoms with van der Waals surface area (Å²) < 4.78 is 28.1. The maximum absolute atomic E-state index is 13.9. The van der Waals surface area contributed by atoms with Gasteiger partial charge in [0.25, 0.3) is 0 Å². The number of rotatable bonds is 2. The van der Waals surface area contributed by atoms with Crippen LogP contribution in [0.3, 0.4) is 0 Å². The highest BCUT2D eigenvalue weighted by atomic mass is 79.9. The predicted molar refractivity (Wildman–Crippen MR) is 74.5 cm³/mol. The van der Waals surface area contributed by atoms with Gasteiger partial charge in [-0.1, -0.05) is 15.9 Å². The van der Waals surface area contributed by atoms with Crippen LogP contribution < -0.4 is 10.2 Å². The molecule has 1 aliphatic heterocycles. The van der Waals surface area contributed by atoms with Gasteiger partial charge in [-0.15, -0.1) is 5.10 Å². The average molecular weight is 344 g/mol. The van der Waals surface area contributed by atoms with E-state index in [4.69, 9.17) is 0 Å². The minimum Gasteiger partial charge on any atom is -0.337 e. The molecule has 5 nitrogen and oxygen atoms in total. The van der Waals surface area contributed by atoms with Crippen molar-refractivity contribution in [2.75, 3.05) is 31.1 Å². The first-order chi connectivity index (χ1) is 9.65. The van der Waals surface area contributed by atoms with Gasteiger partial charge in [-0.2, -0.15) is 4.98 Å². The molecular weight excluding hydrogens is 332 g/mol. The molecule has 0 amide bonds. The quantitative estimate of drug-likeness (QED) is 0.874. The molecular formula is C12H12BrF2N5. The number of anilines is 1. The standard InChI is InChI=1S/C12H12BrF2N5/c13-7-5-8(14)10(9(15)6-7)11-17-12(19-18-11)20-3-1-16-2-4-20/h5-6,16H,1-4H2,(H,17,18,19). The van der Waals surface area contributed by atoms with Gasteiger partial charge in [0.05, 0.1) is 5.56 Å². The van der Waals surface area contributed by atoms with E-state index in [2.05, 4.69) is 36.4 Å². The van der Waals surface area contributed by atoms with Gasteiger partial charge in [0.1, 0.15) is 11.6 Å². The van der Waals surface area contributed by atoms with E-state index in [-0.39, 0.29) is 11.4 Å². The van der Waals surface area contributed by atoms with Crippen LogP contribution in [-0.2, 0) is 0 Å². The lowest BCUT2D eigenvalue weighted by Gasteiger charge is -2.25. The number of H-pyrrole nitrogens is 1. The molecule has 1 aromatic heterocycles. The van der Waals surface area contributed by atoms with Crippen molar-refractivity contribution < 1.29 is 8.78 Å². The largest absolute Gasteiger partial charge is 0.337 e. The van der Waals surface area contributed by atoms with Crippen molar-refractivity contribution in [2.24, 2.45) is 0 Å². The molecule has 0 atom stereocenters. The van der Waals surface area contributed by atoms with Crippen molar-refractivity contribution in [3.63, 3.8) is 0 Å². The molecule has 1 fully saturated rings. The van der Waals surface area contributed by atoms with Crippen LogP contribution in [0.15, 0.2) is 16.6 Å². The number of nitrogens with zero attached hydrogens (tertiary/aromatic N) is 3. The first kappa shape index (κ1) is 13.4. The van der Waals surface area contributed by atoms with Crippen LogP contribution in [0.2, 0.25) is 0 Å². The van der Waals surface area contributed by atoms with Gasteiger partial charge in [0.15, 0.2) is 5.82 Å². The maximum Gasteiger partial charge on any atom is 0.245 e. The van der Waals surface area contributed by atoms with E-state index in [1.165, 1.54) is 12.1 Å². The number of aromatic nitrogens is 3. The Morgan fingerprint density at radius 2 is 1.80 bits per heavy atom. The van der Waals surface area contributed by atoms with Crippen molar-refractivity contribution in [2.45, 2.75) is 0 Å². The van der Waals surface area contributed by atoms with E-state index in [1.807, 2.05) is 4.90 Å². The summed E-state index contributed by atoms with van der Waals surface area (Å²) in [6, 6.07) is 2.40. The Kier molecular flexibility index (Phi) is 3.66. The highest BCUT2D eigenvalue weighted by Gasteiger charge is 2.20. The summed E-state index contributed by atoms with van der Waals surface area (Å²) in [5, 5.41) is 9.85. The fourth-order valence-corrected chi connectivity index (χ4v) is 2.54. The second-order valence-electron chi connectivity index (χ2n) is 4.47. The van der Waals surface area contributed by atoms with Gasteiger partial charge in [0.2, 0.25) is 5.95 Å². The van der Waals surface area contributed by atoms with Gasteiger partial charge < -0.3 is 10.2 Å². The lowest BCUT2D eigenvalue weighted by molar-refractivity contribution is 0.580. The average Bonchev–Trinajstić information content (AvgIpc) is 2.88. The van der Waals surface area contributed by atoms with Gasteiger partial charge in [-0.3, -0.25) is 5.10 Å². The molecule has 106 valence electrons. The number of aromatic amines is 1. The molecule has 0 radical (unpaired) electrons. The molecule has 2 N–H and O–H groups in total. The highest BCUT2D eigenvalue weighted by Crippen LogP contribution is 2.27. The van der Waals surface area contributed by atoms with Gasteiger partial charge in [0, 0.05) is 30.7 Å². The normalized spacial score (nSPS) is 15.7. The Morgan fingerprint density at radius 1 is 1.15 bits per heavy atom. The van der Waals surface area contributed by atoms with Gasteiger partial charge in [-0.25, -0.2) is 8.78 Å². The van der Waals surface area contributed by atoms with Crippen LogP contribution in [0, 0.1) is 11.6 Å². The van der Waals surface area contributed by atoms with E-state index in [0.717, 1.165) is 26.2 Å². The van der Waals surface area contributed by atoms with Crippen molar-refractivity contribution in [3.05, 3.63) is 28.2 Å². The first-order valence-electron chi connectivity index (χ1n) is 6.18. The molecule has 20 heavy (non-hydrogen) atoms. The van der Waals surface area contributed by atoms with Gasteiger partial charge >= 0.3 is 0 Å². The van der Waals surface area contributed by atoms with Crippen LogP contribution in [-0.4, -0.2) is 41.4 Å². The second kappa shape index (κ2) is 5.45. The smallest absolute Gasteiger partial charge is 0.245 e. The van der Waals surface area contributed by atoms with Crippen molar-refractivity contribution in [1.82, 2.24) is 20.5 Å². The van der Waals surface area contributed by atoms with E-state index >= 15 is 0 Å². The molecule has 8 heteroatoms. The number of hydrogen-bond acceptors (Lipinski definition) is 4. The summed E-state index contributed by atoms with van der Waals surface area (Å²) >= 11 is 3.05. The van der Waals surface area contributed by atoms with E-state index < -0.39 is 11.6 Å². The fourth-order valence-electron chi connectivity index (χ4n) is 2.14. The Labute approximate surface area is 122 Å². The minimum atomic E-state index is -0.681. The van der Waals surface area contributed by atoms with Crippen LogP contribution in [0.25, 0.3) is 11.4 Å². The number of piperazine rings is 1. The third-order valence-electron chi connectivity index (χ3n) is 3.12. The van der Waals surface area contributed by atoms with Crippen LogP contribution >= 0.6 is 15.9 Å². The maximum atomic E-state index is 13.9. The molecule has 2 aromatic rings. The number of halogens is 3. The molecule has 0 bridgehead atoms. The first-order valence-corrected chi connectivity index (χ1v) is 6.97. The molecule has 1 aromatic carbocycles. The lowest BCUT2D eigenvalue weighted by atomic mass is 10.2. The Balaban J connectivity index is 1.94. The number of nitrogens with one attached hydrogen (secondary N) is 2. The zero-order chi connectivity index (χ0) is 14.1. The molecule has 3 rings (SSSR count). The zero-order valence-electron chi connectivity index (χ0n) is 10.5. The molecule has 0 saturated carbocycles. The summed E-state index contributed by atoms with van der Waals surface area (Å²) in [4.78, 5) is 6.16. The fraction of sp³-hybridized carbons (Fsp3) is 0.333. The Morgan fingerprint density at radius 3 is 2.45 bits per heavy atom. The predicted octanol–water partition coefficient (Wildman–Crippen LogP) is 1.92. The molecule has 1 aliphatic rings. The second-order valence-corrected chi connectivity index (χ2v) is 5.38. The SMILES string of the molecule is Fc1cc(Br)cc(F)c1-c1nc(N2CCNCC2)n[nH]1. The van der Waals surface area contributed by atoms with E-state index in [9.17, 15) is 8.78 Å². The van der Waals surface area contributed by atoms with Crippen molar-refractivity contribution in [1.29, 1.82) is 0 Å². The summed E-state index contributed by atoms with van der Waals surface area (Å²) in [6.45, 7) is 3.21. The summed E-state index contributed by atoms with van der Waals surface area (Å²) in [5.41, 5.74) is -0.193. The third-order valence-corrected chi connectivity index (χ3v) is 3.57. The van der Waals surface area contributed by atoms with E-state index in [1.54, 1.807) is 0 Å². The highest BCUT2D eigenvalue weighted by molar-refractivity contribution is 9.10. The number of hydrogen-bond donors (Lipinski definition) is 2. The molecule has 0 spiro atoms. The van der Waals surface area contributed by atoms with Crippen molar-refractivity contribution >= 4 is 21.9 Å². The summed E-state index contributed by atoms with van der Waals surface area (Å²) in [6.07, 6.45) is 0. The molecule has 2 heterocycles. The monoisotopic (exact) mass is 343 g/mol. The molecule has 0 unspecified atom stereocenters. The van der Waals surface area contributed by atoms with Crippen LogP contribution in [0.5, 0.6) is 0 Å². The molecule has 0 aliphatic carbocycles. The zero-order valence-corrected chi connectivity index (χ0v) is 12.0. The van der Waals surface area contributed by atoms with Gasteiger partial charge in [-0.05, 0) is 12.1 Å². The summed E-state index contributed by atoms with van der Waals surface area (Å²) in [7, 11) is 0. The summed E-state index contributed by atoms with van der Waals surface area (Å²) in [5.74, 6) is -0.802. The topological polar surface area (TPSA) is 56.8 Å². The van der Waals surface area contributed by atoms with Crippen LogP contribution in [0.4, 0.5) is 14.7 Å². The van der Waals surface area contributed by atoms with E-state index in [0.29, 0.717) is 10.4 Å².